The number of benzene rings is 2. The minimum absolute atomic E-state index is 0.105. The molecule has 24 heavy (non-hydrogen) atoms. The number of nitrogens with zero attached hydrogens (tertiary/aromatic N) is 2. The zero-order valence-corrected chi connectivity index (χ0v) is 13.6. The fraction of sp³-hybridized carbons (Fsp3) is 0.118. The molecule has 2 aromatic carbocycles. The molecule has 1 heterocycles. The number of halogens is 1. The summed E-state index contributed by atoms with van der Waals surface area (Å²) in [5.41, 5.74) is 2.37. The Morgan fingerprint density at radius 1 is 1.25 bits per heavy atom. The molecule has 0 saturated heterocycles. The Labute approximate surface area is 143 Å². The van der Waals surface area contributed by atoms with E-state index in [0.717, 1.165) is 11.1 Å². The summed E-state index contributed by atoms with van der Waals surface area (Å²) in [5, 5.41) is 10.8. The van der Waals surface area contributed by atoms with E-state index in [2.05, 4.69) is 15.5 Å². The molecule has 1 N–H and O–H groups in total. The molecule has 1 amide bonds. The van der Waals surface area contributed by atoms with Crippen LogP contribution in [-0.4, -0.2) is 22.7 Å². The first-order valence-corrected chi connectivity index (χ1v) is 7.55. The lowest BCUT2D eigenvalue weighted by Gasteiger charge is -2.10. The number of ether oxygens (including phenoxy) is 1. The van der Waals surface area contributed by atoms with Crippen LogP contribution in [0.5, 0.6) is 5.75 Å². The maximum Gasteiger partial charge on any atom is 0.262 e. The third kappa shape index (κ3) is 3.91. The quantitative estimate of drug-likeness (QED) is 0.764. The van der Waals surface area contributed by atoms with Gasteiger partial charge in [0.25, 0.3) is 5.91 Å². The predicted octanol–water partition coefficient (Wildman–Crippen LogP) is 3.72. The van der Waals surface area contributed by atoms with Crippen LogP contribution in [-0.2, 0) is 4.79 Å². The van der Waals surface area contributed by atoms with E-state index in [1.165, 1.54) is 6.39 Å². The van der Waals surface area contributed by atoms with Crippen LogP contribution in [0.4, 0.5) is 5.69 Å². The summed E-state index contributed by atoms with van der Waals surface area (Å²) in [7, 11) is 0. The second-order valence-electron chi connectivity index (χ2n) is 5.06. The molecule has 0 spiro atoms. The fourth-order valence-electron chi connectivity index (χ4n) is 2.06. The number of anilines is 1. The summed E-state index contributed by atoms with van der Waals surface area (Å²) in [6.07, 6.45) is 1.27. The highest BCUT2D eigenvalue weighted by molar-refractivity contribution is 6.31. The van der Waals surface area contributed by atoms with Crippen molar-refractivity contribution in [1.29, 1.82) is 0 Å². The van der Waals surface area contributed by atoms with Crippen molar-refractivity contribution in [3.8, 4) is 17.2 Å². The van der Waals surface area contributed by atoms with Crippen LogP contribution in [0.15, 0.2) is 53.3 Å². The molecule has 3 aromatic rings. The molecule has 0 radical (unpaired) electrons. The average molecular weight is 344 g/mol. The summed E-state index contributed by atoms with van der Waals surface area (Å²) in [4.78, 5) is 12.0. The first kappa shape index (κ1) is 16.0. The van der Waals surface area contributed by atoms with Crippen LogP contribution in [0.3, 0.4) is 0 Å². The van der Waals surface area contributed by atoms with Gasteiger partial charge in [0.15, 0.2) is 6.61 Å². The third-order valence-electron chi connectivity index (χ3n) is 3.30. The molecule has 1 aromatic heterocycles. The van der Waals surface area contributed by atoms with Gasteiger partial charge in [-0.3, -0.25) is 4.79 Å². The molecule has 0 aliphatic rings. The van der Waals surface area contributed by atoms with Gasteiger partial charge < -0.3 is 14.5 Å². The lowest BCUT2D eigenvalue weighted by atomic mass is 10.2. The zero-order chi connectivity index (χ0) is 16.9. The van der Waals surface area contributed by atoms with Crippen LogP contribution in [0, 0.1) is 6.92 Å². The first-order valence-electron chi connectivity index (χ1n) is 7.17. The molecule has 0 saturated carbocycles. The van der Waals surface area contributed by atoms with Crippen LogP contribution < -0.4 is 10.1 Å². The van der Waals surface area contributed by atoms with Crippen LogP contribution >= 0.6 is 11.6 Å². The van der Waals surface area contributed by atoms with E-state index < -0.39 is 0 Å². The Kier molecular flexibility index (Phi) is 4.77. The van der Waals surface area contributed by atoms with Gasteiger partial charge in [-0.15, -0.1) is 10.2 Å². The Bertz CT molecular complexity index is 833. The number of aromatic nitrogens is 2. The largest absolute Gasteiger partial charge is 0.484 e. The number of nitrogens with one attached hydrogen (secondary N) is 1. The second-order valence-corrected chi connectivity index (χ2v) is 5.50. The van der Waals surface area contributed by atoms with E-state index in [-0.39, 0.29) is 12.5 Å². The van der Waals surface area contributed by atoms with Crippen LogP contribution in [0.2, 0.25) is 5.02 Å². The van der Waals surface area contributed by atoms with Crippen molar-refractivity contribution in [2.45, 2.75) is 6.92 Å². The molecule has 0 unspecified atom stereocenters. The van der Waals surface area contributed by atoms with Gasteiger partial charge >= 0.3 is 0 Å². The number of hydrogen-bond acceptors (Lipinski definition) is 5. The van der Waals surface area contributed by atoms with Crippen molar-refractivity contribution in [1.82, 2.24) is 10.2 Å². The van der Waals surface area contributed by atoms with E-state index in [1.807, 2.05) is 13.0 Å². The molecule has 0 aliphatic carbocycles. The van der Waals surface area contributed by atoms with Crippen molar-refractivity contribution in [3.05, 3.63) is 59.4 Å². The van der Waals surface area contributed by atoms with E-state index in [4.69, 9.17) is 20.8 Å². The molecule has 6 nitrogen and oxygen atoms in total. The zero-order valence-electron chi connectivity index (χ0n) is 12.8. The highest BCUT2D eigenvalue weighted by atomic mass is 35.5. The lowest BCUT2D eigenvalue weighted by Crippen LogP contribution is -2.20. The summed E-state index contributed by atoms with van der Waals surface area (Å²) in [5.74, 6) is 0.730. The maximum atomic E-state index is 12.0. The van der Waals surface area contributed by atoms with Crippen LogP contribution in [0.1, 0.15) is 5.56 Å². The minimum atomic E-state index is -0.263. The van der Waals surface area contributed by atoms with E-state index in [9.17, 15) is 4.79 Å². The number of carbonyl (C=O) groups excluding carboxylic acids is 1. The molecular formula is C17H14ClN3O3. The monoisotopic (exact) mass is 343 g/mol. The molecular weight excluding hydrogens is 330 g/mol. The molecule has 3 rings (SSSR count). The van der Waals surface area contributed by atoms with E-state index in [1.54, 1.807) is 36.4 Å². The summed E-state index contributed by atoms with van der Waals surface area (Å²) in [6, 6.07) is 12.3. The summed E-state index contributed by atoms with van der Waals surface area (Å²) in [6.45, 7) is 1.79. The lowest BCUT2D eigenvalue weighted by molar-refractivity contribution is -0.118. The summed E-state index contributed by atoms with van der Waals surface area (Å²) < 4.78 is 10.6. The highest BCUT2D eigenvalue weighted by Gasteiger charge is 2.08. The SMILES string of the molecule is Cc1ccc(Cl)cc1NC(=O)COc1ccc(-c2nnco2)cc1. The fourth-order valence-corrected chi connectivity index (χ4v) is 2.23. The van der Waals surface area contributed by atoms with Gasteiger partial charge in [-0.05, 0) is 48.9 Å². The Morgan fingerprint density at radius 3 is 2.75 bits per heavy atom. The van der Waals surface area contributed by atoms with Crippen molar-refractivity contribution in [3.63, 3.8) is 0 Å². The number of hydrogen-bond donors (Lipinski definition) is 1. The molecule has 0 bridgehead atoms. The van der Waals surface area contributed by atoms with Gasteiger partial charge in [-0.1, -0.05) is 17.7 Å². The second kappa shape index (κ2) is 7.14. The third-order valence-corrected chi connectivity index (χ3v) is 3.54. The molecule has 122 valence electrons. The standard InChI is InChI=1S/C17H14ClN3O3/c1-11-2-5-13(18)8-15(11)20-16(22)9-23-14-6-3-12(4-7-14)17-21-19-10-24-17/h2-8,10H,9H2,1H3,(H,20,22). The van der Waals surface area contributed by atoms with Crippen molar-refractivity contribution in [2.75, 3.05) is 11.9 Å². The Hall–Kier alpha value is -2.86. The topological polar surface area (TPSA) is 77.2 Å². The number of carbonyl (C=O) groups is 1. The van der Waals surface area contributed by atoms with Gasteiger partial charge in [-0.25, -0.2) is 0 Å². The van der Waals surface area contributed by atoms with Gasteiger partial charge in [-0.2, -0.15) is 0 Å². The maximum absolute atomic E-state index is 12.0. The van der Waals surface area contributed by atoms with Crippen LogP contribution in [0.25, 0.3) is 11.5 Å². The Balaban J connectivity index is 1.57. The van der Waals surface area contributed by atoms with Crippen molar-refractivity contribution in [2.24, 2.45) is 0 Å². The number of aryl methyl sites for hydroxylation is 1. The molecule has 0 aliphatic heterocycles. The first-order chi connectivity index (χ1) is 11.6. The van der Waals surface area contributed by atoms with E-state index in [0.29, 0.717) is 22.4 Å². The smallest absolute Gasteiger partial charge is 0.262 e. The van der Waals surface area contributed by atoms with Gasteiger partial charge in [0.05, 0.1) is 0 Å². The normalized spacial score (nSPS) is 10.4. The van der Waals surface area contributed by atoms with E-state index >= 15 is 0 Å². The van der Waals surface area contributed by atoms with Crippen molar-refractivity contribution >= 4 is 23.2 Å². The predicted molar refractivity (Wildman–Crippen MR) is 90.0 cm³/mol. The average Bonchev–Trinajstić information content (AvgIpc) is 3.11. The van der Waals surface area contributed by atoms with Gasteiger partial charge in [0.1, 0.15) is 5.75 Å². The van der Waals surface area contributed by atoms with Gasteiger partial charge in [0.2, 0.25) is 12.3 Å². The Morgan fingerprint density at radius 2 is 2.04 bits per heavy atom. The van der Waals surface area contributed by atoms with Gasteiger partial charge in [0, 0.05) is 16.3 Å². The molecule has 0 atom stereocenters. The number of amides is 1. The minimum Gasteiger partial charge on any atom is -0.484 e. The molecule has 7 heteroatoms. The van der Waals surface area contributed by atoms with Crippen molar-refractivity contribution < 1.29 is 13.9 Å². The summed E-state index contributed by atoms with van der Waals surface area (Å²) >= 11 is 5.93. The number of rotatable bonds is 5. The molecule has 0 fully saturated rings. The highest BCUT2D eigenvalue weighted by Crippen LogP contribution is 2.21.